The van der Waals surface area contributed by atoms with Gasteiger partial charge in [0.15, 0.2) is 5.13 Å². The number of benzene rings is 1. The summed E-state index contributed by atoms with van der Waals surface area (Å²) in [6.07, 6.45) is 1.52. The van der Waals surface area contributed by atoms with Crippen molar-refractivity contribution in [1.82, 2.24) is 14.5 Å². The normalized spacial score (nSPS) is 11.1. The number of nitrogens with zero attached hydrogens (tertiary/aromatic N) is 3. The lowest BCUT2D eigenvalue weighted by Crippen LogP contribution is -2.19. The highest BCUT2D eigenvalue weighted by Crippen LogP contribution is 2.33. The number of anilines is 1. The van der Waals surface area contributed by atoms with Gasteiger partial charge in [0.25, 0.3) is 11.5 Å². The molecule has 1 amide bonds. The number of methoxy groups -OCH3 is 1. The molecule has 154 valence electrons. The second-order valence-corrected chi connectivity index (χ2v) is 8.88. The Morgan fingerprint density at radius 1 is 1.20 bits per heavy atom. The fourth-order valence-corrected chi connectivity index (χ4v) is 5.09. The number of aromatic nitrogens is 3. The Labute approximate surface area is 181 Å². The molecule has 4 rings (SSSR count). The van der Waals surface area contributed by atoms with E-state index in [1.54, 1.807) is 14.0 Å². The van der Waals surface area contributed by atoms with E-state index in [1.807, 2.05) is 38.1 Å². The molecule has 0 spiro atoms. The van der Waals surface area contributed by atoms with E-state index in [9.17, 15) is 9.59 Å². The third-order valence-electron chi connectivity index (χ3n) is 4.84. The zero-order valence-corrected chi connectivity index (χ0v) is 18.6. The number of carbonyl (C=O) groups excluding carboxylic acids is 1. The highest BCUT2D eigenvalue weighted by Gasteiger charge is 2.21. The van der Waals surface area contributed by atoms with Crippen molar-refractivity contribution in [2.24, 2.45) is 0 Å². The van der Waals surface area contributed by atoms with E-state index in [0.29, 0.717) is 32.3 Å². The van der Waals surface area contributed by atoms with Crippen molar-refractivity contribution in [2.45, 2.75) is 27.3 Å². The van der Waals surface area contributed by atoms with Crippen LogP contribution in [0.2, 0.25) is 0 Å². The molecule has 1 aromatic carbocycles. The Bertz CT molecular complexity index is 1300. The van der Waals surface area contributed by atoms with Crippen LogP contribution in [0.1, 0.15) is 27.0 Å². The molecule has 30 heavy (non-hydrogen) atoms. The van der Waals surface area contributed by atoms with Crippen LogP contribution >= 0.6 is 22.7 Å². The molecule has 0 bridgehead atoms. The molecule has 0 saturated heterocycles. The van der Waals surface area contributed by atoms with E-state index in [4.69, 9.17) is 4.74 Å². The Balaban J connectivity index is 1.64. The molecule has 3 aromatic heterocycles. The van der Waals surface area contributed by atoms with E-state index in [0.717, 1.165) is 21.9 Å². The number of hydrogen-bond acceptors (Lipinski definition) is 7. The molecule has 9 heteroatoms. The Morgan fingerprint density at radius 2 is 1.93 bits per heavy atom. The first-order valence-electron chi connectivity index (χ1n) is 9.34. The van der Waals surface area contributed by atoms with Crippen molar-refractivity contribution >= 4 is 43.9 Å². The average Bonchev–Trinajstić information content (AvgIpc) is 3.28. The largest absolute Gasteiger partial charge is 0.497 e. The Morgan fingerprint density at radius 3 is 2.60 bits per heavy atom. The summed E-state index contributed by atoms with van der Waals surface area (Å²) >= 11 is 2.64. The van der Waals surface area contributed by atoms with Crippen LogP contribution in [0.5, 0.6) is 5.75 Å². The molecule has 0 aliphatic carbocycles. The summed E-state index contributed by atoms with van der Waals surface area (Å²) in [5.74, 6) is 0.490. The zero-order valence-electron chi connectivity index (χ0n) is 17.0. The fourth-order valence-electron chi connectivity index (χ4n) is 3.22. The molecule has 0 aliphatic rings. The number of thiophene rings is 1. The topological polar surface area (TPSA) is 86.1 Å². The van der Waals surface area contributed by atoms with E-state index < -0.39 is 0 Å². The summed E-state index contributed by atoms with van der Waals surface area (Å²) in [5.41, 5.74) is 2.30. The molecule has 0 fully saturated rings. The number of aryl methyl sites for hydroxylation is 3. The maximum atomic E-state index is 12.9. The van der Waals surface area contributed by atoms with E-state index in [2.05, 4.69) is 15.3 Å². The molecule has 0 unspecified atom stereocenters. The molecule has 0 aliphatic heterocycles. The van der Waals surface area contributed by atoms with Crippen LogP contribution in [0.3, 0.4) is 0 Å². The van der Waals surface area contributed by atoms with Crippen LogP contribution < -0.4 is 15.6 Å². The summed E-state index contributed by atoms with van der Waals surface area (Å²) in [6, 6.07) is 7.63. The van der Waals surface area contributed by atoms with Gasteiger partial charge in [-0.1, -0.05) is 0 Å². The monoisotopic (exact) mass is 440 g/mol. The van der Waals surface area contributed by atoms with E-state index >= 15 is 0 Å². The van der Waals surface area contributed by atoms with Crippen molar-refractivity contribution in [3.8, 4) is 17.0 Å². The predicted octanol–water partition coefficient (Wildman–Crippen LogP) is 4.48. The van der Waals surface area contributed by atoms with Crippen molar-refractivity contribution in [1.29, 1.82) is 0 Å². The van der Waals surface area contributed by atoms with Crippen molar-refractivity contribution in [3.63, 3.8) is 0 Å². The highest BCUT2D eigenvalue weighted by atomic mass is 32.1. The number of amides is 1. The first kappa shape index (κ1) is 20.2. The zero-order chi connectivity index (χ0) is 21.4. The fraction of sp³-hybridized carbons (Fsp3) is 0.238. The molecular weight excluding hydrogens is 420 g/mol. The lowest BCUT2D eigenvalue weighted by atomic mass is 10.1. The van der Waals surface area contributed by atoms with Crippen molar-refractivity contribution < 1.29 is 9.53 Å². The summed E-state index contributed by atoms with van der Waals surface area (Å²) in [4.78, 5) is 36.5. The van der Waals surface area contributed by atoms with Gasteiger partial charge in [0.1, 0.15) is 10.6 Å². The number of ether oxygens (including phenoxy) is 1. The summed E-state index contributed by atoms with van der Waals surface area (Å²) < 4.78 is 6.74. The number of rotatable bonds is 5. The minimum Gasteiger partial charge on any atom is -0.497 e. The van der Waals surface area contributed by atoms with Gasteiger partial charge in [0, 0.05) is 17.0 Å². The van der Waals surface area contributed by atoms with Gasteiger partial charge >= 0.3 is 0 Å². The minimum absolute atomic E-state index is 0.123. The minimum atomic E-state index is -0.284. The number of thiazole rings is 1. The quantitative estimate of drug-likeness (QED) is 0.495. The first-order valence-corrected chi connectivity index (χ1v) is 11.0. The van der Waals surface area contributed by atoms with Crippen LogP contribution in [0.25, 0.3) is 21.5 Å². The summed E-state index contributed by atoms with van der Waals surface area (Å²) in [6.45, 7) is 6.17. The van der Waals surface area contributed by atoms with Crippen molar-refractivity contribution in [2.75, 3.05) is 12.4 Å². The molecule has 3 heterocycles. The Kier molecular flexibility index (Phi) is 5.40. The predicted molar refractivity (Wildman–Crippen MR) is 121 cm³/mol. The van der Waals surface area contributed by atoms with Crippen LogP contribution in [0, 0.1) is 13.8 Å². The molecule has 4 aromatic rings. The van der Waals surface area contributed by atoms with Gasteiger partial charge in [-0.2, -0.15) is 0 Å². The average molecular weight is 441 g/mol. The standard InChI is InChI=1S/C21H20N4O3S2/c1-5-25-10-22-19-15(20(25)27)11(2)17(30-19)18(26)24-21-23-16(12(3)29-21)13-6-8-14(28-4)9-7-13/h6-10H,5H2,1-4H3,(H,23,24,26). The SMILES string of the molecule is CCn1cnc2sc(C(=O)Nc3nc(-c4ccc(OC)cc4)c(C)s3)c(C)c2c1=O. The van der Waals surface area contributed by atoms with Gasteiger partial charge in [0.05, 0.1) is 29.4 Å². The van der Waals surface area contributed by atoms with Gasteiger partial charge < -0.3 is 4.74 Å². The maximum Gasteiger partial charge on any atom is 0.267 e. The third-order valence-corrected chi connectivity index (χ3v) is 6.93. The van der Waals surface area contributed by atoms with Crippen molar-refractivity contribution in [3.05, 3.63) is 56.3 Å². The highest BCUT2D eigenvalue weighted by molar-refractivity contribution is 7.21. The summed E-state index contributed by atoms with van der Waals surface area (Å²) in [7, 11) is 1.62. The molecular formula is C21H20N4O3S2. The van der Waals surface area contributed by atoms with Gasteiger partial charge in [-0.3, -0.25) is 19.5 Å². The molecule has 0 atom stereocenters. The number of hydrogen-bond donors (Lipinski definition) is 1. The number of fused-ring (bicyclic) bond motifs is 1. The van der Waals surface area contributed by atoms with Gasteiger partial charge in [-0.25, -0.2) is 9.97 Å². The molecule has 0 radical (unpaired) electrons. The molecule has 1 N–H and O–H groups in total. The number of carbonyl (C=O) groups is 1. The van der Waals surface area contributed by atoms with Crippen LogP contribution in [0.4, 0.5) is 5.13 Å². The second-order valence-electron chi connectivity index (χ2n) is 6.68. The smallest absolute Gasteiger partial charge is 0.267 e. The molecule has 0 saturated carbocycles. The third kappa shape index (κ3) is 3.50. The van der Waals surface area contributed by atoms with Gasteiger partial charge in [0.2, 0.25) is 0 Å². The van der Waals surface area contributed by atoms with E-state index in [-0.39, 0.29) is 11.5 Å². The Hall–Kier alpha value is -3.04. The maximum absolute atomic E-state index is 12.9. The number of nitrogens with one attached hydrogen (secondary N) is 1. The van der Waals surface area contributed by atoms with Crippen LogP contribution in [-0.2, 0) is 6.54 Å². The van der Waals surface area contributed by atoms with Crippen LogP contribution in [0.15, 0.2) is 35.4 Å². The van der Waals surface area contributed by atoms with Crippen LogP contribution in [-0.4, -0.2) is 27.6 Å². The first-order chi connectivity index (χ1) is 14.4. The lowest BCUT2D eigenvalue weighted by Gasteiger charge is -2.02. The lowest BCUT2D eigenvalue weighted by molar-refractivity contribution is 0.103. The summed E-state index contributed by atoms with van der Waals surface area (Å²) in [5, 5.41) is 3.90. The van der Waals surface area contributed by atoms with Gasteiger partial charge in [-0.05, 0) is 50.6 Å². The molecule has 7 nitrogen and oxygen atoms in total. The van der Waals surface area contributed by atoms with Gasteiger partial charge in [-0.15, -0.1) is 22.7 Å². The second kappa shape index (κ2) is 8.00. The van der Waals surface area contributed by atoms with E-state index in [1.165, 1.54) is 33.6 Å².